The molecule has 2 aromatic heterocycles. The number of hydrogen-bond donors (Lipinski definition) is 2. The Morgan fingerprint density at radius 3 is 2.92 bits per heavy atom. The Balaban J connectivity index is 1.76. The number of fused-ring (bicyclic) bond motifs is 1. The summed E-state index contributed by atoms with van der Waals surface area (Å²) >= 11 is 0. The predicted octanol–water partition coefficient (Wildman–Crippen LogP) is 0.102. The van der Waals surface area contributed by atoms with E-state index in [1.807, 2.05) is 0 Å². The molecule has 0 aliphatic carbocycles. The van der Waals surface area contributed by atoms with Crippen molar-refractivity contribution in [1.29, 1.82) is 0 Å². The van der Waals surface area contributed by atoms with Crippen molar-refractivity contribution in [3.8, 4) is 0 Å². The Morgan fingerprint density at radius 2 is 2.24 bits per heavy atom. The molecule has 0 aromatic carbocycles. The number of methoxy groups -OCH3 is 1. The van der Waals surface area contributed by atoms with E-state index in [1.165, 1.54) is 6.20 Å². The first-order valence-electron chi connectivity index (χ1n) is 8.54. The van der Waals surface area contributed by atoms with Gasteiger partial charge in [-0.15, -0.1) is 0 Å². The van der Waals surface area contributed by atoms with Crippen molar-refractivity contribution in [2.24, 2.45) is 0 Å². The fourth-order valence-corrected chi connectivity index (χ4v) is 3.18. The summed E-state index contributed by atoms with van der Waals surface area (Å²) in [5.74, 6) is -0.199. The third kappa shape index (κ3) is 3.65. The molecule has 0 saturated carbocycles. The summed E-state index contributed by atoms with van der Waals surface area (Å²) in [6.07, 6.45) is 5.45. The van der Waals surface area contributed by atoms with Gasteiger partial charge in [-0.1, -0.05) is 0 Å². The zero-order valence-electron chi connectivity index (χ0n) is 14.8. The molecule has 2 aromatic rings. The Hall–Kier alpha value is -2.03. The average Bonchev–Trinajstić information content (AvgIpc) is 3.18. The Bertz CT molecular complexity index is 745. The Kier molecular flexibility index (Phi) is 5.31. The van der Waals surface area contributed by atoms with Crippen LogP contribution in [0.2, 0.25) is 0 Å². The molecule has 1 saturated heterocycles. The number of hydrogen-bond acceptors (Lipinski definition) is 6. The van der Waals surface area contributed by atoms with Crippen LogP contribution in [0.5, 0.6) is 0 Å². The predicted molar refractivity (Wildman–Crippen MR) is 92.5 cm³/mol. The highest BCUT2D eigenvalue weighted by molar-refractivity contribution is 5.99. The molecule has 1 aliphatic rings. The Morgan fingerprint density at radius 1 is 1.44 bits per heavy atom. The second-order valence-electron chi connectivity index (χ2n) is 6.66. The molecule has 1 aliphatic heterocycles. The van der Waals surface area contributed by atoms with Gasteiger partial charge in [-0.25, -0.2) is 9.50 Å². The number of nitrogens with one attached hydrogen (secondary N) is 1. The lowest BCUT2D eigenvalue weighted by Gasteiger charge is -2.19. The van der Waals surface area contributed by atoms with E-state index < -0.39 is 0 Å². The number of rotatable bonds is 6. The summed E-state index contributed by atoms with van der Waals surface area (Å²) in [7, 11) is 1.67. The molecule has 0 spiro atoms. The topological polar surface area (TPSA) is 92.0 Å². The Labute approximate surface area is 146 Å². The van der Waals surface area contributed by atoms with Crippen molar-refractivity contribution in [3.05, 3.63) is 29.7 Å². The van der Waals surface area contributed by atoms with E-state index in [1.54, 1.807) is 24.0 Å². The average molecular weight is 347 g/mol. The van der Waals surface area contributed by atoms with Crippen LogP contribution < -0.4 is 5.32 Å². The van der Waals surface area contributed by atoms with Crippen LogP contribution in [0.15, 0.2) is 18.6 Å². The molecular weight excluding hydrogens is 322 g/mol. The van der Waals surface area contributed by atoms with Crippen molar-refractivity contribution in [2.45, 2.75) is 38.5 Å². The van der Waals surface area contributed by atoms with Crippen LogP contribution in [0.4, 0.5) is 0 Å². The maximum atomic E-state index is 12.7. The molecule has 8 heteroatoms. The third-order valence-electron chi connectivity index (χ3n) is 4.70. The number of carbonyl (C=O) groups excluding carboxylic acids is 1. The molecule has 3 heterocycles. The number of nitrogens with zero attached hydrogens (tertiary/aromatic N) is 4. The van der Waals surface area contributed by atoms with Gasteiger partial charge in [0.05, 0.1) is 18.3 Å². The second-order valence-corrected chi connectivity index (χ2v) is 6.66. The van der Waals surface area contributed by atoms with E-state index in [0.29, 0.717) is 23.7 Å². The van der Waals surface area contributed by atoms with Gasteiger partial charge < -0.3 is 15.2 Å². The number of carbonyl (C=O) groups is 1. The van der Waals surface area contributed by atoms with Gasteiger partial charge in [0.2, 0.25) is 0 Å². The standard InChI is InChI=1S/C17H25N5O3/c1-11(2)21-9-14(15(10-21)25-3)20-17(24)13-7-19-22-8-12(4-5-23)6-18-16(13)22/h6-8,11,14-15,23H,4-5,9-10H2,1-3H3,(H,20,24)/t14-,15-/m0/s1. The zero-order valence-corrected chi connectivity index (χ0v) is 14.8. The highest BCUT2D eigenvalue weighted by atomic mass is 16.5. The summed E-state index contributed by atoms with van der Waals surface area (Å²) < 4.78 is 7.11. The largest absolute Gasteiger partial charge is 0.396 e. The van der Waals surface area contributed by atoms with Crippen LogP contribution in [0, 0.1) is 0 Å². The van der Waals surface area contributed by atoms with E-state index in [-0.39, 0.29) is 24.7 Å². The van der Waals surface area contributed by atoms with Gasteiger partial charge in [0, 0.05) is 45.2 Å². The minimum Gasteiger partial charge on any atom is -0.396 e. The minimum atomic E-state index is -0.199. The van der Waals surface area contributed by atoms with Crippen LogP contribution >= 0.6 is 0 Å². The maximum absolute atomic E-state index is 12.7. The van der Waals surface area contributed by atoms with Crippen molar-refractivity contribution in [1.82, 2.24) is 24.8 Å². The molecule has 136 valence electrons. The van der Waals surface area contributed by atoms with E-state index in [2.05, 4.69) is 34.1 Å². The smallest absolute Gasteiger partial charge is 0.257 e. The highest BCUT2D eigenvalue weighted by Gasteiger charge is 2.35. The van der Waals surface area contributed by atoms with E-state index in [9.17, 15) is 4.79 Å². The molecule has 0 bridgehead atoms. The van der Waals surface area contributed by atoms with Crippen LogP contribution in [0.1, 0.15) is 29.8 Å². The summed E-state index contributed by atoms with van der Waals surface area (Å²) in [6, 6.07) is 0.339. The van der Waals surface area contributed by atoms with Gasteiger partial charge in [-0.2, -0.15) is 5.10 Å². The first-order chi connectivity index (χ1) is 12.0. The van der Waals surface area contributed by atoms with Crippen molar-refractivity contribution in [2.75, 3.05) is 26.8 Å². The number of likely N-dealkylation sites (tertiary alicyclic amines) is 1. The van der Waals surface area contributed by atoms with E-state index in [0.717, 1.165) is 18.7 Å². The molecule has 2 atom stereocenters. The van der Waals surface area contributed by atoms with Gasteiger partial charge >= 0.3 is 0 Å². The van der Waals surface area contributed by atoms with Crippen molar-refractivity contribution >= 4 is 11.6 Å². The fourth-order valence-electron chi connectivity index (χ4n) is 3.18. The monoisotopic (exact) mass is 347 g/mol. The van der Waals surface area contributed by atoms with Crippen LogP contribution in [-0.2, 0) is 11.2 Å². The SMILES string of the molecule is CO[C@H]1CN(C(C)C)C[C@@H]1NC(=O)c1cnn2cc(CCO)cnc12. The molecule has 25 heavy (non-hydrogen) atoms. The number of ether oxygens (including phenoxy) is 1. The second kappa shape index (κ2) is 7.47. The highest BCUT2D eigenvalue weighted by Crippen LogP contribution is 2.17. The lowest BCUT2D eigenvalue weighted by molar-refractivity contribution is 0.0754. The molecule has 1 fully saturated rings. The molecule has 8 nitrogen and oxygen atoms in total. The number of aliphatic hydroxyl groups excluding tert-OH is 1. The first-order valence-corrected chi connectivity index (χ1v) is 8.54. The molecule has 1 amide bonds. The summed E-state index contributed by atoms with van der Waals surface area (Å²) in [5.41, 5.74) is 1.81. The molecular formula is C17H25N5O3. The number of aromatic nitrogens is 3. The van der Waals surface area contributed by atoms with Crippen LogP contribution in [0.3, 0.4) is 0 Å². The number of aliphatic hydroxyl groups is 1. The van der Waals surface area contributed by atoms with E-state index >= 15 is 0 Å². The quantitative estimate of drug-likeness (QED) is 0.770. The van der Waals surface area contributed by atoms with Gasteiger partial charge in [-0.3, -0.25) is 9.69 Å². The van der Waals surface area contributed by atoms with E-state index in [4.69, 9.17) is 9.84 Å². The number of amides is 1. The molecule has 3 rings (SSSR count). The van der Waals surface area contributed by atoms with Crippen LogP contribution in [-0.4, -0.2) is 75.5 Å². The summed E-state index contributed by atoms with van der Waals surface area (Å²) in [6.45, 7) is 5.88. The van der Waals surface area contributed by atoms with Gasteiger partial charge in [-0.05, 0) is 25.8 Å². The lowest BCUT2D eigenvalue weighted by atomic mass is 10.2. The normalized spacial score (nSPS) is 21.3. The fraction of sp³-hybridized carbons (Fsp3) is 0.588. The van der Waals surface area contributed by atoms with Crippen molar-refractivity contribution in [3.63, 3.8) is 0 Å². The molecule has 0 unspecified atom stereocenters. The third-order valence-corrected chi connectivity index (χ3v) is 4.70. The minimum absolute atomic E-state index is 0.0303. The lowest BCUT2D eigenvalue weighted by Crippen LogP contribution is -2.43. The molecule has 2 N–H and O–H groups in total. The first kappa shape index (κ1) is 17.8. The van der Waals surface area contributed by atoms with Crippen LogP contribution in [0.25, 0.3) is 5.65 Å². The van der Waals surface area contributed by atoms with Crippen molar-refractivity contribution < 1.29 is 14.6 Å². The maximum Gasteiger partial charge on any atom is 0.257 e. The summed E-state index contributed by atoms with van der Waals surface area (Å²) in [4.78, 5) is 19.3. The van der Waals surface area contributed by atoms with Gasteiger partial charge in [0.1, 0.15) is 5.56 Å². The molecule has 0 radical (unpaired) electrons. The summed E-state index contributed by atoms with van der Waals surface area (Å²) in [5, 5.41) is 16.3. The van der Waals surface area contributed by atoms with Gasteiger partial charge in [0.15, 0.2) is 5.65 Å². The zero-order chi connectivity index (χ0) is 18.0. The van der Waals surface area contributed by atoms with Gasteiger partial charge in [0.25, 0.3) is 5.91 Å².